The molecule has 0 fully saturated rings. The Kier molecular flexibility index (Phi) is 5.74. The molecule has 0 saturated carbocycles. The number of methoxy groups -OCH3 is 2. The lowest BCUT2D eigenvalue weighted by Gasteiger charge is -2.07. The van der Waals surface area contributed by atoms with Crippen molar-refractivity contribution < 1.29 is 14.6 Å². The zero-order chi connectivity index (χ0) is 15.4. The molecular formula is C16H14I2O3. The van der Waals surface area contributed by atoms with Crippen molar-refractivity contribution in [3.63, 3.8) is 0 Å². The van der Waals surface area contributed by atoms with Gasteiger partial charge in [-0.1, -0.05) is 18.2 Å². The SMILES string of the molecule is COc1ccc(/C=C/c2cc(I)c(OC)c(I)c2)cc1O. The first kappa shape index (κ1) is 16.4. The first-order valence-electron chi connectivity index (χ1n) is 6.13. The van der Waals surface area contributed by atoms with Gasteiger partial charge >= 0.3 is 0 Å². The smallest absolute Gasteiger partial charge is 0.160 e. The van der Waals surface area contributed by atoms with Gasteiger partial charge in [0.1, 0.15) is 5.75 Å². The molecule has 0 spiro atoms. The average molecular weight is 508 g/mol. The molecule has 2 rings (SSSR count). The van der Waals surface area contributed by atoms with E-state index in [0.29, 0.717) is 5.75 Å². The third-order valence-electron chi connectivity index (χ3n) is 2.90. The molecule has 0 bridgehead atoms. The number of halogens is 2. The van der Waals surface area contributed by atoms with Crippen LogP contribution >= 0.6 is 45.2 Å². The highest BCUT2D eigenvalue weighted by atomic mass is 127. The van der Waals surface area contributed by atoms with Crippen molar-refractivity contribution in [3.8, 4) is 17.2 Å². The van der Waals surface area contributed by atoms with Crippen LogP contribution in [-0.2, 0) is 0 Å². The van der Waals surface area contributed by atoms with Crippen LogP contribution in [-0.4, -0.2) is 19.3 Å². The highest BCUT2D eigenvalue weighted by Gasteiger charge is 2.06. The summed E-state index contributed by atoms with van der Waals surface area (Å²) in [6.45, 7) is 0. The highest BCUT2D eigenvalue weighted by Crippen LogP contribution is 2.30. The maximum atomic E-state index is 9.77. The van der Waals surface area contributed by atoms with E-state index < -0.39 is 0 Å². The van der Waals surface area contributed by atoms with Crippen molar-refractivity contribution in [2.45, 2.75) is 0 Å². The van der Waals surface area contributed by atoms with Gasteiger partial charge in [0.25, 0.3) is 0 Å². The topological polar surface area (TPSA) is 38.7 Å². The summed E-state index contributed by atoms with van der Waals surface area (Å²) in [5, 5.41) is 9.77. The maximum Gasteiger partial charge on any atom is 0.160 e. The van der Waals surface area contributed by atoms with Gasteiger partial charge in [0.15, 0.2) is 11.5 Å². The molecular weight excluding hydrogens is 494 g/mol. The Morgan fingerprint density at radius 1 is 0.905 bits per heavy atom. The van der Waals surface area contributed by atoms with Crippen molar-refractivity contribution in [3.05, 3.63) is 48.6 Å². The molecule has 0 aliphatic heterocycles. The number of aromatic hydroxyl groups is 1. The van der Waals surface area contributed by atoms with E-state index >= 15 is 0 Å². The third-order valence-corrected chi connectivity index (χ3v) is 4.50. The monoisotopic (exact) mass is 508 g/mol. The molecule has 21 heavy (non-hydrogen) atoms. The number of benzene rings is 2. The summed E-state index contributed by atoms with van der Waals surface area (Å²) in [4.78, 5) is 0. The van der Waals surface area contributed by atoms with Gasteiger partial charge in [-0.2, -0.15) is 0 Å². The summed E-state index contributed by atoms with van der Waals surface area (Å²) >= 11 is 4.52. The van der Waals surface area contributed by atoms with Crippen molar-refractivity contribution in [1.29, 1.82) is 0 Å². The van der Waals surface area contributed by atoms with Crippen LogP contribution in [0.3, 0.4) is 0 Å². The summed E-state index contributed by atoms with van der Waals surface area (Å²) in [6, 6.07) is 9.43. The van der Waals surface area contributed by atoms with Crippen LogP contribution in [0, 0.1) is 7.14 Å². The number of ether oxygens (including phenoxy) is 2. The van der Waals surface area contributed by atoms with Gasteiger partial charge in [0.05, 0.1) is 21.4 Å². The summed E-state index contributed by atoms with van der Waals surface area (Å²) < 4.78 is 12.5. The third kappa shape index (κ3) is 4.03. The Hall–Kier alpha value is -0.960. The van der Waals surface area contributed by atoms with E-state index in [9.17, 15) is 5.11 Å². The minimum atomic E-state index is 0.138. The molecule has 0 aromatic heterocycles. The fraction of sp³-hybridized carbons (Fsp3) is 0.125. The van der Waals surface area contributed by atoms with Gasteiger partial charge in [-0.05, 0) is 80.6 Å². The summed E-state index contributed by atoms with van der Waals surface area (Å²) in [5.41, 5.74) is 1.99. The Balaban J connectivity index is 2.27. The normalized spacial score (nSPS) is 10.9. The van der Waals surface area contributed by atoms with Gasteiger partial charge in [-0.25, -0.2) is 0 Å². The standard InChI is InChI=1S/C16H14I2O3/c1-20-15-6-5-10(9-14(15)19)3-4-11-7-12(17)16(21-2)13(18)8-11/h3-9,19H,1-2H3/b4-3+. The Labute approximate surface area is 151 Å². The molecule has 0 heterocycles. The van der Waals surface area contributed by atoms with Crippen molar-refractivity contribution in [2.75, 3.05) is 14.2 Å². The van der Waals surface area contributed by atoms with E-state index in [1.54, 1.807) is 19.2 Å². The predicted octanol–water partition coefficient (Wildman–Crippen LogP) is 4.79. The molecule has 2 aromatic carbocycles. The van der Waals surface area contributed by atoms with Gasteiger partial charge in [-0.15, -0.1) is 0 Å². The fourth-order valence-corrected chi connectivity index (χ4v) is 4.13. The fourth-order valence-electron chi connectivity index (χ4n) is 1.87. The molecule has 0 aliphatic rings. The van der Waals surface area contributed by atoms with Crippen LogP contribution in [0.5, 0.6) is 17.2 Å². The average Bonchev–Trinajstić information content (AvgIpc) is 2.45. The van der Waals surface area contributed by atoms with Crippen LogP contribution < -0.4 is 9.47 Å². The molecule has 5 heteroatoms. The summed E-state index contributed by atoms with van der Waals surface area (Å²) in [7, 11) is 3.21. The van der Waals surface area contributed by atoms with E-state index in [1.807, 2.05) is 18.2 Å². The molecule has 3 nitrogen and oxygen atoms in total. The van der Waals surface area contributed by atoms with Crippen LogP contribution in [0.1, 0.15) is 11.1 Å². The minimum Gasteiger partial charge on any atom is -0.504 e. The van der Waals surface area contributed by atoms with Gasteiger partial charge < -0.3 is 14.6 Å². The van der Waals surface area contributed by atoms with E-state index in [-0.39, 0.29) is 5.75 Å². The zero-order valence-corrected chi connectivity index (χ0v) is 15.9. The number of hydrogen-bond acceptors (Lipinski definition) is 3. The molecule has 0 radical (unpaired) electrons. The summed E-state index contributed by atoms with van der Waals surface area (Å²) in [5.74, 6) is 1.51. The number of phenolic OH excluding ortho intramolecular Hbond substituents is 1. The maximum absolute atomic E-state index is 9.77. The minimum absolute atomic E-state index is 0.138. The molecule has 2 aromatic rings. The molecule has 0 saturated heterocycles. The second-order valence-corrected chi connectivity index (χ2v) is 6.61. The molecule has 110 valence electrons. The van der Waals surface area contributed by atoms with E-state index in [1.165, 1.54) is 7.11 Å². The first-order valence-corrected chi connectivity index (χ1v) is 8.29. The van der Waals surface area contributed by atoms with Crippen molar-refractivity contribution in [1.82, 2.24) is 0 Å². The van der Waals surface area contributed by atoms with Gasteiger partial charge in [-0.3, -0.25) is 0 Å². The van der Waals surface area contributed by atoms with Crippen LogP contribution in [0.2, 0.25) is 0 Å². The molecule has 0 amide bonds. The van der Waals surface area contributed by atoms with Crippen LogP contribution in [0.15, 0.2) is 30.3 Å². The second-order valence-electron chi connectivity index (χ2n) is 4.28. The Morgan fingerprint density at radius 3 is 2.05 bits per heavy atom. The first-order chi connectivity index (χ1) is 10.0. The van der Waals surface area contributed by atoms with Gasteiger partial charge in [0.2, 0.25) is 0 Å². The highest BCUT2D eigenvalue weighted by molar-refractivity contribution is 14.1. The van der Waals surface area contributed by atoms with Crippen LogP contribution in [0.25, 0.3) is 12.2 Å². The molecule has 0 atom stereocenters. The van der Waals surface area contributed by atoms with Crippen molar-refractivity contribution in [2.24, 2.45) is 0 Å². The number of phenols is 1. The molecule has 0 unspecified atom stereocenters. The lowest BCUT2D eigenvalue weighted by Crippen LogP contribution is -1.91. The number of rotatable bonds is 4. The van der Waals surface area contributed by atoms with Crippen LogP contribution in [0.4, 0.5) is 0 Å². The van der Waals surface area contributed by atoms with E-state index in [4.69, 9.17) is 9.47 Å². The van der Waals surface area contributed by atoms with Crippen molar-refractivity contribution >= 4 is 57.3 Å². The molecule has 1 N–H and O–H groups in total. The largest absolute Gasteiger partial charge is 0.504 e. The Bertz CT molecular complexity index is 658. The lowest BCUT2D eigenvalue weighted by atomic mass is 10.1. The lowest BCUT2D eigenvalue weighted by molar-refractivity contribution is 0.373. The second kappa shape index (κ2) is 7.35. The van der Waals surface area contributed by atoms with Gasteiger partial charge in [0, 0.05) is 0 Å². The summed E-state index contributed by atoms with van der Waals surface area (Å²) in [6.07, 6.45) is 3.96. The Morgan fingerprint density at radius 2 is 1.52 bits per heavy atom. The zero-order valence-electron chi connectivity index (χ0n) is 11.6. The predicted molar refractivity (Wildman–Crippen MR) is 102 cm³/mol. The molecule has 0 aliphatic carbocycles. The number of hydrogen-bond donors (Lipinski definition) is 1. The quantitative estimate of drug-likeness (QED) is 0.477. The van der Waals surface area contributed by atoms with E-state index in [2.05, 4.69) is 57.3 Å². The van der Waals surface area contributed by atoms with E-state index in [0.717, 1.165) is 24.0 Å².